The van der Waals surface area contributed by atoms with Crippen molar-refractivity contribution >= 4 is 5.97 Å². The van der Waals surface area contributed by atoms with Gasteiger partial charge in [-0.05, 0) is 0 Å². The number of hydrogen-bond acceptors (Lipinski definition) is 4. The van der Waals surface area contributed by atoms with Gasteiger partial charge in [0.15, 0.2) is 29.3 Å². The summed E-state index contributed by atoms with van der Waals surface area (Å²) in [5, 5.41) is 9.32. The van der Waals surface area contributed by atoms with Gasteiger partial charge in [0.05, 0.1) is 19.8 Å². The van der Waals surface area contributed by atoms with E-state index in [4.69, 9.17) is 0 Å². The van der Waals surface area contributed by atoms with Gasteiger partial charge in [0.1, 0.15) is 0 Å². The molecule has 17 heavy (non-hydrogen) atoms. The zero-order valence-corrected chi connectivity index (χ0v) is 8.96. The first-order valence-electron chi connectivity index (χ1n) is 4.41. The Bertz CT molecular complexity index is 448. The fourth-order valence-corrected chi connectivity index (χ4v) is 1.22. The number of benzene rings is 1. The molecule has 0 fully saturated rings. The van der Waals surface area contributed by atoms with Crippen LogP contribution in [0.1, 0.15) is 11.7 Å². The molecule has 94 valence electrons. The lowest BCUT2D eigenvalue weighted by Crippen LogP contribution is -2.18. The third-order valence-corrected chi connectivity index (χ3v) is 2.07. The van der Waals surface area contributed by atoms with Crippen molar-refractivity contribution in [3.63, 3.8) is 0 Å². The molecule has 1 aromatic rings. The zero-order chi connectivity index (χ0) is 13.2. The molecule has 1 rings (SSSR count). The van der Waals surface area contributed by atoms with Crippen LogP contribution in [0.4, 0.5) is 13.2 Å². The van der Waals surface area contributed by atoms with Crippen LogP contribution in [0.5, 0.6) is 5.75 Å². The third-order valence-electron chi connectivity index (χ3n) is 2.07. The van der Waals surface area contributed by atoms with E-state index in [1.807, 2.05) is 0 Å². The number of esters is 1. The van der Waals surface area contributed by atoms with Gasteiger partial charge in [0.2, 0.25) is 0 Å². The molecule has 0 aromatic heterocycles. The van der Waals surface area contributed by atoms with Crippen LogP contribution in [-0.2, 0) is 9.53 Å². The van der Waals surface area contributed by atoms with E-state index < -0.39 is 40.8 Å². The molecule has 0 bridgehead atoms. The number of ether oxygens (including phenoxy) is 2. The summed E-state index contributed by atoms with van der Waals surface area (Å²) in [4.78, 5) is 11.0. The van der Waals surface area contributed by atoms with E-state index in [0.29, 0.717) is 6.07 Å². The summed E-state index contributed by atoms with van der Waals surface area (Å²) < 4.78 is 48.4. The molecular formula is C10H9F3O4. The van der Waals surface area contributed by atoms with Gasteiger partial charge in [-0.1, -0.05) is 0 Å². The van der Waals surface area contributed by atoms with Crippen LogP contribution in [-0.4, -0.2) is 25.3 Å². The predicted octanol–water partition coefficient (Wildman–Crippen LogP) is 1.32. The summed E-state index contributed by atoms with van der Waals surface area (Å²) in [5.41, 5.74) is -1.14. The Morgan fingerprint density at radius 3 is 2.35 bits per heavy atom. The van der Waals surface area contributed by atoms with Crippen molar-refractivity contribution in [2.75, 3.05) is 14.2 Å². The minimum Gasteiger partial charge on any atom is -0.494 e. The molecule has 0 heterocycles. The van der Waals surface area contributed by atoms with Crippen molar-refractivity contribution in [1.29, 1.82) is 0 Å². The molecule has 4 nitrogen and oxygen atoms in total. The van der Waals surface area contributed by atoms with Gasteiger partial charge in [-0.15, -0.1) is 0 Å². The average Bonchev–Trinajstić information content (AvgIpc) is 2.32. The van der Waals surface area contributed by atoms with Crippen LogP contribution in [0.2, 0.25) is 0 Å². The molecule has 1 unspecified atom stereocenters. The second-order valence-electron chi connectivity index (χ2n) is 3.03. The van der Waals surface area contributed by atoms with E-state index in [1.54, 1.807) is 0 Å². The van der Waals surface area contributed by atoms with Gasteiger partial charge >= 0.3 is 5.97 Å². The Morgan fingerprint density at radius 2 is 1.88 bits per heavy atom. The normalized spacial score (nSPS) is 12.1. The first-order chi connectivity index (χ1) is 7.93. The Hall–Kier alpha value is -1.76. The molecule has 0 saturated heterocycles. The Kier molecular flexibility index (Phi) is 3.95. The van der Waals surface area contributed by atoms with E-state index in [1.165, 1.54) is 0 Å². The maximum Gasteiger partial charge on any atom is 0.339 e. The second-order valence-corrected chi connectivity index (χ2v) is 3.03. The van der Waals surface area contributed by atoms with E-state index in [0.717, 1.165) is 14.2 Å². The van der Waals surface area contributed by atoms with Gasteiger partial charge in [0.25, 0.3) is 0 Å². The summed E-state index contributed by atoms with van der Waals surface area (Å²) in [6.45, 7) is 0. The molecule has 0 aliphatic rings. The van der Waals surface area contributed by atoms with Crippen LogP contribution < -0.4 is 4.74 Å². The quantitative estimate of drug-likeness (QED) is 0.649. The Balaban J connectivity index is 3.40. The fourth-order valence-electron chi connectivity index (χ4n) is 1.22. The van der Waals surface area contributed by atoms with Crippen molar-refractivity contribution < 1.29 is 32.5 Å². The smallest absolute Gasteiger partial charge is 0.339 e. The topological polar surface area (TPSA) is 55.8 Å². The monoisotopic (exact) mass is 250 g/mol. The minimum atomic E-state index is -2.26. The number of methoxy groups -OCH3 is 2. The molecule has 0 aliphatic carbocycles. The number of carbonyl (C=O) groups excluding carboxylic acids is 1. The number of aliphatic hydroxyl groups excluding tert-OH is 1. The van der Waals surface area contributed by atoms with Crippen LogP contribution in [0.15, 0.2) is 6.07 Å². The van der Waals surface area contributed by atoms with Crippen LogP contribution in [0.25, 0.3) is 0 Å². The maximum absolute atomic E-state index is 13.6. The van der Waals surface area contributed by atoms with Gasteiger partial charge in [-0.3, -0.25) is 0 Å². The Morgan fingerprint density at radius 1 is 1.29 bits per heavy atom. The van der Waals surface area contributed by atoms with Crippen molar-refractivity contribution in [2.45, 2.75) is 6.10 Å². The largest absolute Gasteiger partial charge is 0.494 e. The average molecular weight is 250 g/mol. The second kappa shape index (κ2) is 5.05. The van der Waals surface area contributed by atoms with E-state index >= 15 is 0 Å². The first kappa shape index (κ1) is 13.3. The first-order valence-corrected chi connectivity index (χ1v) is 4.41. The minimum absolute atomic E-state index is 0.470. The lowest BCUT2D eigenvalue weighted by Gasteiger charge is -2.13. The van der Waals surface area contributed by atoms with Gasteiger partial charge < -0.3 is 14.6 Å². The predicted molar refractivity (Wildman–Crippen MR) is 49.8 cm³/mol. The van der Waals surface area contributed by atoms with E-state index in [2.05, 4.69) is 9.47 Å². The van der Waals surface area contributed by atoms with Gasteiger partial charge in [-0.25, -0.2) is 18.0 Å². The molecule has 0 radical (unpaired) electrons. The van der Waals surface area contributed by atoms with Crippen LogP contribution in [0.3, 0.4) is 0 Å². The highest BCUT2D eigenvalue weighted by Gasteiger charge is 2.30. The van der Waals surface area contributed by atoms with E-state index in [9.17, 15) is 23.1 Å². The number of rotatable bonds is 3. The number of aliphatic hydroxyl groups is 1. The summed E-state index contributed by atoms with van der Waals surface area (Å²) in [7, 11) is 1.95. The number of carbonyl (C=O) groups is 1. The Labute approximate surface area is 94.6 Å². The summed E-state index contributed by atoms with van der Waals surface area (Å²) in [6, 6.07) is 0.470. The fraction of sp³-hybridized carbons (Fsp3) is 0.300. The van der Waals surface area contributed by atoms with Gasteiger partial charge in [-0.2, -0.15) is 0 Å². The molecule has 1 aromatic carbocycles. The summed E-state index contributed by atoms with van der Waals surface area (Å²) >= 11 is 0. The third kappa shape index (κ3) is 2.33. The maximum atomic E-state index is 13.6. The lowest BCUT2D eigenvalue weighted by molar-refractivity contribution is -0.151. The molecule has 0 amide bonds. The highest BCUT2D eigenvalue weighted by atomic mass is 19.2. The van der Waals surface area contributed by atoms with Crippen molar-refractivity contribution in [2.24, 2.45) is 0 Å². The number of hydrogen-bond donors (Lipinski definition) is 1. The molecule has 0 saturated carbocycles. The molecule has 0 spiro atoms. The van der Waals surface area contributed by atoms with Crippen LogP contribution >= 0.6 is 0 Å². The van der Waals surface area contributed by atoms with Crippen molar-refractivity contribution in [3.8, 4) is 5.75 Å². The SMILES string of the molecule is COC(=O)C(O)c1c(F)c(F)cc(OC)c1F. The lowest BCUT2D eigenvalue weighted by atomic mass is 10.1. The number of halogens is 3. The highest BCUT2D eigenvalue weighted by Crippen LogP contribution is 2.30. The van der Waals surface area contributed by atoms with Crippen molar-refractivity contribution in [1.82, 2.24) is 0 Å². The zero-order valence-electron chi connectivity index (χ0n) is 8.96. The molecular weight excluding hydrogens is 241 g/mol. The van der Waals surface area contributed by atoms with E-state index in [-0.39, 0.29) is 0 Å². The van der Waals surface area contributed by atoms with Gasteiger partial charge in [0, 0.05) is 6.07 Å². The molecule has 1 atom stereocenters. The summed E-state index contributed by atoms with van der Waals surface area (Å²) in [6.07, 6.45) is -2.26. The molecule has 0 aliphatic heterocycles. The molecule has 1 N–H and O–H groups in total. The van der Waals surface area contributed by atoms with Crippen LogP contribution in [0, 0.1) is 17.5 Å². The highest BCUT2D eigenvalue weighted by molar-refractivity contribution is 5.76. The van der Waals surface area contributed by atoms with Crippen molar-refractivity contribution in [3.05, 3.63) is 29.1 Å². The summed E-state index contributed by atoms with van der Waals surface area (Å²) in [5.74, 6) is -6.40. The standard InChI is InChI=1S/C10H9F3O4/c1-16-5-3-4(11)7(12)6(8(5)13)9(14)10(15)17-2/h3,9,14H,1-2H3. The molecule has 7 heteroatoms.